The van der Waals surface area contributed by atoms with Crippen molar-refractivity contribution in [1.29, 1.82) is 0 Å². The molecule has 1 heterocycles. The van der Waals surface area contributed by atoms with Gasteiger partial charge >= 0.3 is 6.03 Å². The first-order valence-electron chi connectivity index (χ1n) is 5.75. The second kappa shape index (κ2) is 6.31. The zero-order chi connectivity index (χ0) is 13.7. The zero-order valence-electron chi connectivity index (χ0n) is 10.8. The first-order valence-corrected chi connectivity index (χ1v) is 6.63. The van der Waals surface area contributed by atoms with Crippen LogP contribution in [0.4, 0.5) is 15.6 Å². The fourth-order valence-corrected chi connectivity index (χ4v) is 2.16. The van der Waals surface area contributed by atoms with Crippen molar-refractivity contribution in [3.05, 3.63) is 40.9 Å². The Labute approximate surface area is 115 Å². The Morgan fingerprint density at radius 2 is 2.05 bits per heavy atom. The number of nitrogens with one attached hydrogen (secondary N) is 2. The van der Waals surface area contributed by atoms with Crippen molar-refractivity contribution in [2.75, 3.05) is 17.7 Å². The number of benzene rings is 1. The van der Waals surface area contributed by atoms with E-state index in [9.17, 15) is 4.79 Å². The number of urea groups is 1. The number of nitrogens with zero attached hydrogens (tertiary/aromatic N) is 1. The van der Waals surface area contributed by atoms with Crippen LogP contribution in [0.1, 0.15) is 11.3 Å². The SMILES string of the molecule is COCc1csc(NC(=O)Nc2ccc(C)cc2)n1. The lowest BCUT2D eigenvalue weighted by Gasteiger charge is -2.05. The van der Waals surface area contributed by atoms with Crippen LogP contribution >= 0.6 is 11.3 Å². The molecule has 0 spiro atoms. The standard InChI is InChI=1S/C13H15N3O2S/c1-9-3-5-10(6-4-9)14-12(17)16-13-15-11(7-18-2)8-19-13/h3-6,8H,7H2,1-2H3,(H2,14,15,16,17). The molecule has 5 nitrogen and oxygen atoms in total. The van der Waals surface area contributed by atoms with E-state index >= 15 is 0 Å². The third-order valence-corrected chi connectivity index (χ3v) is 3.18. The molecule has 2 aromatic rings. The first-order chi connectivity index (χ1) is 9.17. The number of anilines is 2. The Morgan fingerprint density at radius 3 is 2.74 bits per heavy atom. The molecule has 0 aliphatic heterocycles. The lowest BCUT2D eigenvalue weighted by Crippen LogP contribution is -2.19. The fraction of sp³-hybridized carbons (Fsp3) is 0.231. The summed E-state index contributed by atoms with van der Waals surface area (Å²) in [5.41, 5.74) is 2.70. The monoisotopic (exact) mass is 277 g/mol. The predicted octanol–water partition coefficient (Wildman–Crippen LogP) is 3.24. The number of amides is 2. The molecule has 0 saturated heterocycles. The minimum Gasteiger partial charge on any atom is -0.378 e. The first kappa shape index (κ1) is 13.5. The van der Waals surface area contributed by atoms with E-state index in [-0.39, 0.29) is 6.03 Å². The molecule has 2 N–H and O–H groups in total. The average Bonchev–Trinajstić information content (AvgIpc) is 2.80. The number of methoxy groups -OCH3 is 1. The normalized spacial score (nSPS) is 10.2. The number of ether oxygens (including phenoxy) is 1. The van der Waals surface area contributed by atoms with Crippen molar-refractivity contribution < 1.29 is 9.53 Å². The van der Waals surface area contributed by atoms with Crippen molar-refractivity contribution >= 4 is 28.2 Å². The summed E-state index contributed by atoms with van der Waals surface area (Å²) >= 11 is 1.37. The Morgan fingerprint density at radius 1 is 1.32 bits per heavy atom. The van der Waals surface area contributed by atoms with Crippen molar-refractivity contribution in [2.45, 2.75) is 13.5 Å². The van der Waals surface area contributed by atoms with Crippen molar-refractivity contribution in [3.63, 3.8) is 0 Å². The van der Waals surface area contributed by atoms with Gasteiger partial charge in [-0.1, -0.05) is 17.7 Å². The topological polar surface area (TPSA) is 63.2 Å². The smallest absolute Gasteiger partial charge is 0.325 e. The predicted molar refractivity (Wildman–Crippen MR) is 76.6 cm³/mol. The molecule has 0 atom stereocenters. The molecular weight excluding hydrogens is 262 g/mol. The Bertz CT molecular complexity index is 551. The van der Waals surface area contributed by atoms with Gasteiger partial charge in [-0.15, -0.1) is 11.3 Å². The van der Waals surface area contributed by atoms with Crippen LogP contribution in [-0.2, 0) is 11.3 Å². The summed E-state index contributed by atoms with van der Waals surface area (Å²) in [6.07, 6.45) is 0. The number of aromatic nitrogens is 1. The van der Waals surface area contributed by atoms with E-state index < -0.39 is 0 Å². The number of carbonyl (C=O) groups excluding carboxylic acids is 1. The molecule has 1 aromatic carbocycles. The zero-order valence-corrected chi connectivity index (χ0v) is 11.6. The maximum atomic E-state index is 11.7. The van der Waals surface area contributed by atoms with Crippen LogP contribution < -0.4 is 10.6 Å². The van der Waals surface area contributed by atoms with Gasteiger partial charge in [-0.2, -0.15) is 0 Å². The van der Waals surface area contributed by atoms with Gasteiger partial charge in [-0.25, -0.2) is 9.78 Å². The van der Waals surface area contributed by atoms with Crippen LogP contribution in [0.15, 0.2) is 29.6 Å². The van der Waals surface area contributed by atoms with Gasteiger partial charge in [0.15, 0.2) is 5.13 Å². The van der Waals surface area contributed by atoms with E-state index in [4.69, 9.17) is 4.74 Å². The maximum Gasteiger partial charge on any atom is 0.325 e. The number of carbonyl (C=O) groups is 1. The highest BCUT2D eigenvalue weighted by molar-refractivity contribution is 7.13. The van der Waals surface area contributed by atoms with Crippen molar-refractivity contribution in [3.8, 4) is 0 Å². The second-order valence-electron chi connectivity index (χ2n) is 4.02. The van der Waals surface area contributed by atoms with Gasteiger partial charge in [0.2, 0.25) is 0 Å². The second-order valence-corrected chi connectivity index (χ2v) is 4.88. The van der Waals surface area contributed by atoms with Gasteiger partial charge in [0.1, 0.15) is 0 Å². The lowest BCUT2D eigenvalue weighted by atomic mass is 10.2. The molecule has 0 saturated carbocycles. The highest BCUT2D eigenvalue weighted by Gasteiger charge is 2.06. The van der Waals surface area contributed by atoms with Crippen molar-refractivity contribution in [2.24, 2.45) is 0 Å². The fourth-order valence-electron chi connectivity index (χ4n) is 1.47. The molecule has 6 heteroatoms. The molecule has 0 radical (unpaired) electrons. The minimum absolute atomic E-state index is 0.304. The summed E-state index contributed by atoms with van der Waals surface area (Å²) in [5, 5.41) is 7.83. The molecule has 0 aliphatic carbocycles. The van der Waals surface area contributed by atoms with E-state index in [1.807, 2.05) is 36.6 Å². The highest BCUT2D eigenvalue weighted by atomic mass is 32.1. The quantitative estimate of drug-likeness (QED) is 0.901. The molecule has 0 unspecified atom stereocenters. The molecular formula is C13H15N3O2S. The summed E-state index contributed by atoms with van der Waals surface area (Å²) in [7, 11) is 1.61. The Hall–Kier alpha value is -1.92. The van der Waals surface area contributed by atoms with E-state index in [0.29, 0.717) is 11.7 Å². The minimum atomic E-state index is -0.304. The molecule has 2 amide bonds. The van der Waals surface area contributed by atoms with Gasteiger partial charge in [-0.05, 0) is 19.1 Å². The number of hydrogen-bond acceptors (Lipinski definition) is 4. The summed E-state index contributed by atoms with van der Waals surface area (Å²) in [4.78, 5) is 16.0. The molecule has 0 aliphatic rings. The molecule has 0 bridgehead atoms. The molecule has 19 heavy (non-hydrogen) atoms. The van der Waals surface area contributed by atoms with Crippen LogP contribution in [0, 0.1) is 6.92 Å². The van der Waals surface area contributed by atoms with Crippen LogP contribution in [0.25, 0.3) is 0 Å². The lowest BCUT2D eigenvalue weighted by molar-refractivity contribution is 0.182. The Balaban J connectivity index is 1.91. The summed E-state index contributed by atoms with van der Waals surface area (Å²) in [5.74, 6) is 0. The van der Waals surface area contributed by atoms with E-state index in [1.165, 1.54) is 11.3 Å². The van der Waals surface area contributed by atoms with Crippen LogP contribution in [-0.4, -0.2) is 18.1 Å². The van der Waals surface area contributed by atoms with Gasteiger partial charge in [0, 0.05) is 18.2 Å². The van der Waals surface area contributed by atoms with E-state index in [0.717, 1.165) is 16.9 Å². The van der Waals surface area contributed by atoms with Gasteiger partial charge < -0.3 is 10.1 Å². The highest BCUT2D eigenvalue weighted by Crippen LogP contribution is 2.16. The summed E-state index contributed by atoms with van der Waals surface area (Å²) < 4.78 is 4.97. The van der Waals surface area contributed by atoms with Crippen LogP contribution in [0.3, 0.4) is 0 Å². The largest absolute Gasteiger partial charge is 0.378 e. The summed E-state index contributed by atoms with van der Waals surface area (Å²) in [6, 6.07) is 7.29. The van der Waals surface area contributed by atoms with Crippen LogP contribution in [0.5, 0.6) is 0 Å². The number of thiazole rings is 1. The van der Waals surface area contributed by atoms with Gasteiger partial charge in [0.05, 0.1) is 12.3 Å². The van der Waals surface area contributed by atoms with Crippen molar-refractivity contribution in [1.82, 2.24) is 4.98 Å². The van der Waals surface area contributed by atoms with E-state index in [1.54, 1.807) is 7.11 Å². The average molecular weight is 277 g/mol. The molecule has 2 rings (SSSR count). The van der Waals surface area contributed by atoms with Crippen LogP contribution in [0.2, 0.25) is 0 Å². The number of rotatable bonds is 4. The summed E-state index contributed by atoms with van der Waals surface area (Å²) in [6.45, 7) is 2.44. The third-order valence-electron chi connectivity index (χ3n) is 2.37. The molecule has 100 valence electrons. The molecule has 0 fully saturated rings. The van der Waals surface area contributed by atoms with E-state index in [2.05, 4.69) is 15.6 Å². The third kappa shape index (κ3) is 4.04. The van der Waals surface area contributed by atoms with Gasteiger partial charge in [0.25, 0.3) is 0 Å². The maximum absolute atomic E-state index is 11.7. The number of aryl methyl sites for hydroxylation is 1. The Kier molecular flexibility index (Phi) is 4.48. The molecule has 1 aromatic heterocycles. The number of hydrogen-bond donors (Lipinski definition) is 2. The van der Waals surface area contributed by atoms with Gasteiger partial charge in [-0.3, -0.25) is 5.32 Å².